The van der Waals surface area contributed by atoms with Crippen LogP contribution in [0.25, 0.3) is 0 Å². The van der Waals surface area contributed by atoms with Crippen LogP contribution in [0.2, 0.25) is 0 Å². The number of anilines is 1. The lowest BCUT2D eigenvalue weighted by atomic mass is 10.1. The summed E-state index contributed by atoms with van der Waals surface area (Å²) in [6, 6.07) is 18.0. The minimum atomic E-state index is -4.12. The van der Waals surface area contributed by atoms with Gasteiger partial charge in [0.15, 0.2) is 0 Å². The molecule has 2 amide bonds. The number of sulfonamides is 1. The van der Waals surface area contributed by atoms with Crippen molar-refractivity contribution in [1.29, 1.82) is 0 Å². The Kier molecular flexibility index (Phi) is 9.04. The van der Waals surface area contributed by atoms with Gasteiger partial charge in [0.25, 0.3) is 10.0 Å². The predicted octanol–water partition coefficient (Wildman–Crippen LogP) is 4.19. The van der Waals surface area contributed by atoms with E-state index in [0.29, 0.717) is 23.4 Å². The number of nitrogens with one attached hydrogen (secondary N) is 1. The van der Waals surface area contributed by atoms with E-state index in [0.717, 1.165) is 9.87 Å². The van der Waals surface area contributed by atoms with Crippen LogP contribution in [-0.2, 0) is 26.2 Å². The summed E-state index contributed by atoms with van der Waals surface area (Å²) in [6.45, 7) is 6.83. The Bertz CT molecular complexity index is 1350. The minimum absolute atomic E-state index is 0.00341. The first-order valence-corrected chi connectivity index (χ1v) is 13.4. The van der Waals surface area contributed by atoms with Crippen LogP contribution in [0.15, 0.2) is 77.7 Å². The number of benzene rings is 3. The largest absolute Gasteiger partial charge is 0.355 e. The third kappa shape index (κ3) is 6.74. The normalized spacial score (nSPS) is 12.0. The van der Waals surface area contributed by atoms with Crippen LogP contribution in [0.3, 0.4) is 0 Å². The number of halogens is 1. The van der Waals surface area contributed by atoms with Crippen molar-refractivity contribution in [3.8, 4) is 0 Å². The Morgan fingerprint density at radius 3 is 2.24 bits per heavy atom. The molecule has 0 saturated heterocycles. The van der Waals surface area contributed by atoms with Crippen molar-refractivity contribution in [3.63, 3.8) is 0 Å². The summed E-state index contributed by atoms with van der Waals surface area (Å²) in [5, 5.41) is 2.71. The van der Waals surface area contributed by atoms with Gasteiger partial charge in [-0.25, -0.2) is 12.8 Å². The summed E-state index contributed by atoms with van der Waals surface area (Å²) in [4.78, 5) is 27.9. The second kappa shape index (κ2) is 12.0. The number of hydrogen-bond donors (Lipinski definition) is 1. The molecule has 0 spiro atoms. The fraction of sp³-hybridized carbons (Fsp3) is 0.286. The van der Waals surface area contributed by atoms with E-state index in [1.165, 1.54) is 41.3 Å². The van der Waals surface area contributed by atoms with Crippen molar-refractivity contribution < 1.29 is 22.4 Å². The molecule has 1 atom stereocenters. The average Bonchev–Trinajstić information content (AvgIpc) is 2.88. The van der Waals surface area contributed by atoms with E-state index in [4.69, 9.17) is 0 Å². The number of likely N-dealkylation sites (N-methyl/N-ethyl adjacent to an activating group) is 1. The molecule has 0 aromatic heterocycles. The molecular formula is C28H32FN3O4S. The quantitative estimate of drug-likeness (QED) is 0.430. The van der Waals surface area contributed by atoms with Crippen LogP contribution >= 0.6 is 0 Å². The maximum atomic E-state index is 13.8. The highest BCUT2D eigenvalue weighted by molar-refractivity contribution is 7.92. The van der Waals surface area contributed by atoms with Crippen molar-refractivity contribution in [1.82, 2.24) is 10.2 Å². The number of carbonyl (C=O) groups is 2. The van der Waals surface area contributed by atoms with Gasteiger partial charge in [0, 0.05) is 13.1 Å². The highest BCUT2D eigenvalue weighted by atomic mass is 32.2. The fourth-order valence-electron chi connectivity index (χ4n) is 3.91. The summed E-state index contributed by atoms with van der Waals surface area (Å²) < 4.78 is 42.1. The van der Waals surface area contributed by atoms with Gasteiger partial charge < -0.3 is 10.2 Å². The Hall–Kier alpha value is -3.72. The van der Waals surface area contributed by atoms with Crippen molar-refractivity contribution in [2.24, 2.45) is 0 Å². The van der Waals surface area contributed by atoms with Gasteiger partial charge in [-0.2, -0.15) is 0 Å². The molecule has 0 aliphatic rings. The van der Waals surface area contributed by atoms with Crippen molar-refractivity contribution in [2.45, 2.75) is 45.2 Å². The topological polar surface area (TPSA) is 86.8 Å². The Balaban J connectivity index is 2.05. The molecule has 3 aromatic rings. The van der Waals surface area contributed by atoms with E-state index in [1.54, 1.807) is 51.1 Å². The highest BCUT2D eigenvalue weighted by Crippen LogP contribution is 2.28. The van der Waals surface area contributed by atoms with Crippen molar-refractivity contribution in [3.05, 3.63) is 95.3 Å². The zero-order chi connectivity index (χ0) is 27.2. The van der Waals surface area contributed by atoms with Crippen LogP contribution in [-0.4, -0.2) is 44.3 Å². The summed E-state index contributed by atoms with van der Waals surface area (Å²) in [6.07, 6.45) is 0. The molecule has 0 aliphatic heterocycles. The lowest BCUT2D eigenvalue weighted by Crippen LogP contribution is -2.51. The molecule has 0 fully saturated rings. The molecule has 3 aromatic carbocycles. The number of carbonyl (C=O) groups excluding carboxylic acids is 2. The fourth-order valence-corrected chi connectivity index (χ4v) is 5.40. The monoisotopic (exact) mass is 525 g/mol. The Morgan fingerprint density at radius 2 is 1.62 bits per heavy atom. The molecule has 0 aliphatic carbocycles. The SMILES string of the molecule is CCNC(=O)C(C)N(Cc1ccc(F)cc1)C(=O)CN(c1cc(C)ccc1C)S(=O)(=O)c1ccccc1. The number of aryl methyl sites for hydroxylation is 2. The van der Waals surface area contributed by atoms with Crippen LogP contribution in [0.4, 0.5) is 10.1 Å². The molecule has 1 N–H and O–H groups in total. The lowest BCUT2D eigenvalue weighted by Gasteiger charge is -2.32. The minimum Gasteiger partial charge on any atom is -0.355 e. The summed E-state index contributed by atoms with van der Waals surface area (Å²) in [5.74, 6) is -1.36. The molecule has 1 unspecified atom stereocenters. The first-order chi connectivity index (χ1) is 17.5. The third-order valence-corrected chi connectivity index (χ3v) is 7.80. The predicted molar refractivity (Wildman–Crippen MR) is 142 cm³/mol. The molecule has 0 heterocycles. The van der Waals surface area contributed by atoms with Gasteiger partial charge >= 0.3 is 0 Å². The maximum absolute atomic E-state index is 13.8. The standard InChI is InChI=1S/C28H32FN3O4S/c1-5-30-28(34)22(4)31(18-23-13-15-24(29)16-14-23)27(33)19-32(26-17-20(2)11-12-21(26)3)37(35,36)25-9-7-6-8-10-25/h6-17,22H,5,18-19H2,1-4H3,(H,30,34). The van der Waals surface area contributed by atoms with Gasteiger partial charge in [-0.1, -0.05) is 42.5 Å². The van der Waals surface area contributed by atoms with E-state index in [-0.39, 0.29) is 17.3 Å². The highest BCUT2D eigenvalue weighted by Gasteiger charge is 2.33. The smallest absolute Gasteiger partial charge is 0.264 e. The number of hydrogen-bond acceptors (Lipinski definition) is 4. The van der Waals surface area contributed by atoms with Crippen LogP contribution < -0.4 is 9.62 Å². The van der Waals surface area contributed by atoms with Gasteiger partial charge in [0.2, 0.25) is 11.8 Å². The first kappa shape index (κ1) is 27.9. The molecule has 196 valence electrons. The first-order valence-electron chi connectivity index (χ1n) is 12.0. The zero-order valence-corrected chi connectivity index (χ0v) is 22.3. The summed E-state index contributed by atoms with van der Waals surface area (Å²) >= 11 is 0. The maximum Gasteiger partial charge on any atom is 0.264 e. The molecule has 0 saturated carbocycles. The van der Waals surface area contributed by atoms with Crippen LogP contribution in [0, 0.1) is 19.7 Å². The van der Waals surface area contributed by atoms with Gasteiger partial charge in [-0.05, 0) is 74.7 Å². The number of rotatable bonds is 10. The third-order valence-electron chi connectivity index (χ3n) is 6.03. The van der Waals surface area contributed by atoms with E-state index in [2.05, 4.69) is 5.32 Å². The molecular weight excluding hydrogens is 493 g/mol. The lowest BCUT2D eigenvalue weighted by molar-refractivity contribution is -0.139. The van der Waals surface area contributed by atoms with Crippen LogP contribution in [0.1, 0.15) is 30.5 Å². The summed E-state index contributed by atoms with van der Waals surface area (Å²) in [7, 11) is -4.12. The molecule has 3 rings (SSSR count). The van der Waals surface area contributed by atoms with E-state index < -0.39 is 34.3 Å². The van der Waals surface area contributed by atoms with E-state index in [9.17, 15) is 22.4 Å². The zero-order valence-electron chi connectivity index (χ0n) is 21.4. The van der Waals surface area contributed by atoms with E-state index >= 15 is 0 Å². The summed E-state index contributed by atoms with van der Waals surface area (Å²) in [5.41, 5.74) is 2.50. The second-order valence-corrected chi connectivity index (χ2v) is 10.7. The molecule has 9 heteroatoms. The Labute approximate surface area is 218 Å². The molecule has 7 nitrogen and oxygen atoms in total. The van der Waals surface area contributed by atoms with Gasteiger partial charge in [0.1, 0.15) is 18.4 Å². The van der Waals surface area contributed by atoms with Crippen LogP contribution in [0.5, 0.6) is 0 Å². The van der Waals surface area contributed by atoms with Gasteiger partial charge in [0.05, 0.1) is 10.6 Å². The number of nitrogens with zero attached hydrogens (tertiary/aromatic N) is 2. The Morgan fingerprint density at radius 1 is 0.973 bits per heavy atom. The molecule has 0 bridgehead atoms. The second-order valence-electron chi connectivity index (χ2n) is 8.83. The van der Waals surface area contributed by atoms with Gasteiger partial charge in [-0.3, -0.25) is 13.9 Å². The molecule has 0 radical (unpaired) electrons. The van der Waals surface area contributed by atoms with Gasteiger partial charge in [-0.15, -0.1) is 0 Å². The van der Waals surface area contributed by atoms with Crippen molar-refractivity contribution >= 4 is 27.5 Å². The van der Waals surface area contributed by atoms with Crippen molar-refractivity contribution in [2.75, 3.05) is 17.4 Å². The number of amides is 2. The molecule has 37 heavy (non-hydrogen) atoms. The van der Waals surface area contributed by atoms with E-state index in [1.807, 2.05) is 13.0 Å². The average molecular weight is 526 g/mol.